The first-order valence-corrected chi connectivity index (χ1v) is 14.0. The number of aryl methyl sites for hydroxylation is 2. The molecule has 2 aliphatic heterocycles. The van der Waals surface area contributed by atoms with E-state index < -0.39 is 23.9 Å². The Kier molecular flexibility index (Phi) is 9.65. The highest BCUT2D eigenvalue weighted by atomic mass is 19.4. The molecule has 11 heteroatoms. The number of hydrogen-bond acceptors (Lipinski definition) is 5. The number of alkyl halides is 3. The number of likely N-dealkylation sites (tertiary alicyclic amines) is 2. The van der Waals surface area contributed by atoms with E-state index >= 15 is 0 Å². The number of carboxylic acid groups (broad SMARTS) is 1. The lowest BCUT2D eigenvalue weighted by Crippen LogP contribution is -2.36. The third-order valence-corrected chi connectivity index (χ3v) is 8.06. The molecule has 1 aliphatic carbocycles. The minimum absolute atomic E-state index is 0.0142. The molecule has 1 aromatic carbocycles. The number of rotatable bonds is 6. The van der Waals surface area contributed by atoms with Gasteiger partial charge in [0.05, 0.1) is 0 Å². The largest absolute Gasteiger partial charge is 0.465 e. The number of halogens is 3. The van der Waals surface area contributed by atoms with Crippen LogP contribution in [0.2, 0.25) is 0 Å². The summed E-state index contributed by atoms with van der Waals surface area (Å²) in [5.74, 6) is 0.294. The summed E-state index contributed by atoms with van der Waals surface area (Å²) in [6, 6.07) is 6.55. The summed E-state index contributed by atoms with van der Waals surface area (Å²) in [5.41, 5.74) is 1.54. The van der Waals surface area contributed by atoms with Crippen LogP contribution in [0.25, 0.3) is 0 Å². The van der Waals surface area contributed by atoms with Crippen molar-refractivity contribution in [1.82, 2.24) is 19.8 Å². The van der Waals surface area contributed by atoms with E-state index in [-0.39, 0.29) is 12.5 Å². The number of aromatic nitrogens is 2. The molecule has 0 bridgehead atoms. The second-order valence-electron chi connectivity index (χ2n) is 11.1. The number of anilines is 1. The van der Waals surface area contributed by atoms with Gasteiger partial charge in [-0.05, 0) is 55.8 Å². The molecule has 3 heterocycles. The number of benzene rings is 1. The monoisotopic (exact) mass is 561 g/mol. The number of fused-ring (bicyclic) bond motifs is 1. The maximum Gasteiger partial charge on any atom is 0.433 e. The van der Waals surface area contributed by atoms with Gasteiger partial charge in [-0.2, -0.15) is 13.2 Å². The Bertz CT molecular complexity index is 1150. The van der Waals surface area contributed by atoms with Gasteiger partial charge in [0.25, 0.3) is 5.91 Å². The smallest absolute Gasteiger partial charge is 0.433 e. The fraction of sp³-hybridized carbons (Fsp3) is 0.586. The number of amides is 2. The van der Waals surface area contributed by atoms with Crippen LogP contribution < -0.4 is 4.90 Å². The molecule has 0 radical (unpaired) electrons. The molecule has 2 aromatic rings. The molecule has 8 nitrogen and oxygen atoms in total. The zero-order valence-electron chi connectivity index (χ0n) is 23.2. The normalized spacial score (nSPS) is 20.7. The maximum atomic E-state index is 13.1. The number of carbonyl (C=O) groups is 2. The van der Waals surface area contributed by atoms with Crippen LogP contribution in [0.15, 0.2) is 30.5 Å². The minimum Gasteiger partial charge on any atom is -0.465 e. The summed E-state index contributed by atoms with van der Waals surface area (Å²) in [4.78, 5) is 36.7. The lowest BCUT2D eigenvalue weighted by Gasteiger charge is -2.24. The van der Waals surface area contributed by atoms with Gasteiger partial charge in [0.15, 0.2) is 0 Å². The summed E-state index contributed by atoms with van der Waals surface area (Å²) < 4.78 is 38.8. The molecular formula is C29H38F3N5O3. The SMILES string of the molecule is C1CCCC1.Cc1cccc(C)c1C(=O)N1CC2CN(CCCN(C(=O)O)c3nccc(C(F)(F)F)n3)CC2C1. The van der Waals surface area contributed by atoms with Crippen LogP contribution in [0.3, 0.4) is 0 Å². The van der Waals surface area contributed by atoms with Gasteiger partial charge in [-0.25, -0.2) is 19.7 Å². The van der Waals surface area contributed by atoms with Gasteiger partial charge in [-0.1, -0.05) is 50.3 Å². The van der Waals surface area contributed by atoms with Gasteiger partial charge >= 0.3 is 12.3 Å². The third kappa shape index (κ3) is 7.30. The van der Waals surface area contributed by atoms with Crippen molar-refractivity contribution < 1.29 is 27.9 Å². The highest BCUT2D eigenvalue weighted by molar-refractivity contribution is 5.97. The van der Waals surface area contributed by atoms with Gasteiger partial charge in [0.2, 0.25) is 5.95 Å². The van der Waals surface area contributed by atoms with Gasteiger partial charge in [0.1, 0.15) is 5.69 Å². The molecule has 5 rings (SSSR count). The summed E-state index contributed by atoms with van der Waals surface area (Å²) >= 11 is 0. The number of hydrogen-bond donors (Lipinski definition) is 1. The second kappa shape index (κ2) is 13.0. The molecule has 3 aliphatic rings. The second-order valence-corrected chi connectivity index (χ2v) is 11.1. The van der Waals surface area contributed by atoms with Crippen LogP contribution in [0.5, 0.6) is 0 Å². The van der Waals surface area contributed by atoms with E-state index in [1.807, 2.05) is 36.9 Å². The Hall–Kier alpha value is -3.21. The summed E-state index contributed by atoms with van der Waals surface area (Å²) in [6.45, 7) is 7.45. The molecule has 2 unspecified atom stereocenters. The van der Waals surface area contributed by atoms with Crippen LogP contribution in [-0.4, -0.2) is 76.1 Å². The Morgan fingerprint density at radius 1 is 0.975 bits per heavy atom. The van der Waals surface area contributed by atoms with E-state index in [4.69, 9.17) is 0 Å². The first kappa shape index (κ1) is 29.8. The van der Waals surface area contributed by atoms with Gasteiger partial charge in [-0.15, -0.1) is 0 Å². The molecule has 3 fully saturated rings. The number of nitrogens with zero attached hydrogens (tertiary/aromatic N) is 5. The fourth-order valence-corrected chi connectivity index (χ4v) is 6.00. The molecule has 40 heavy (non-hydrogen) atoms. The Labute approximate surface area is 233 Å². The van der Waals surface area contributed by atoms with E-state index in [0.29, 0.717) is 44.0 Å². The molecule has 1 aromatic heterocycles. The Morgan fingerprint density at radius 2 is 1.55 bits per heavy atom. The van der Waals surface area contributed by atoms with Crippen molar-refractivity contribution in [2.75, 3.05) is 44.2 Å². The molecule has 1 N–H and O–H groups in total. The van der Waals surface area contributed by atoms with Crippen molar-refractivity contribution in [1.29, 1.82) is 0 Å². The third-order valence-electron chi connectivity index (χ3n) is 8.06. The van der Waals surface area contributed by atoms with Crippen molar-refractivity contribution in [3.05, 3.63) is 52.8 Å². The first-order chi connectivity index (χ1) is 19.0. The van der Waals surface area contributed by atoms with Crippen LogP contribution in [0.1, 0.15) is 65.7 Å². The topological polar surface area (TPSA) is 89.9 Å². The van der Waals surface area contributed by atoms with Gasteiger partial charge in [0, 0.05) is 44.5 Å². The van der Waals surface area contributed by atoms with Gasteiger partial charge < -0.3 is 14.9 Å². The standard InChI is InChI=1S/C24H28F3N5O3.C5H10/c1-15-5-3-6-16(2)20(15)21(33)31-13-17-11-30(12-18(17)14-31)9-4-10-32(23(34)35)22-28-8-7-19(29-22)24(25,26)27;1-2-4-5-3-1/h3,5-8,17-18H,4,9-14H2,1-2H3,(H,34,35);1-5H2. The zero-order chi connectivity index (χ0) is 28.9. The van der Waals surface area contributed by atoms with Crippen LogP contribution in [0.4, 0.5) is 23.9 Å². The first-order valence-electron chi connectivity index (χ1n) is 14.0. The lowest BCUT2D eigenvalue weighted by atomic mass is 10.0. The van der Waals surface area contributed by atoms with Crippen molar-refractivity contribution in [3.8, 4) is 0 Å². The number of carbonyl (C=O) groups excluding carboxylic acids is 1. The van der Waals surface area contributed by atoms with Crippen molar-refractivity contribution in [2.45, 2.75) is 58.5 Å². The maximum absolute atomic E-state index is 13.1. The van der Waals surface area contributed by atoms with E-state index in [1.165, 1.54) is 32.1 Å². The molecular weight excluding hydrogens is 523 g/mol. The zero-order valence-corrected chi connectivity index (χ0v) is 23.2. The predicted octanol–water partition coefficient (Wildman–Crippen LogP) is 5.64. The Balaban J connectivity index is 0.000000666. The predicted molar refractivity (Wildman–Crippen MR) is 145 cm³/mol. The highest BCUT2D eigenvalue weighted by Gasteiger charge is 2.42. The fourth-order valence-electron chi connectivity index (χ4n) is 6.00. The average molecular weight is 562 g/mol. The molecule has 2 atom stereocenters. The van der Waals surface area contributed by atoms with Crippen molar-refractivity contribution >= 4 is 17.9 Å². The Morgan fingerprint density at radius 3 is 2.08 bits per heavy atom. The van der Waals surface area contributed by atoms with E-state index in [2.05, 4.69) is 14.9 Å². The lowest BCUT2D eigenvalue weighted by molar-refractivity contribution is -0.141. The molecule has 2 amide bonds. The average Bonchev–Trinajstić information content (AvgIpc) is 3.65. The molecule has 218 valence electrons. The van der Waals surface area contributed by atoms with Crippen LogP contribution in [0, 0.1) is 25.7 Å². The highest BCUT2D eigenvalue weighted by Crippen LogP contribution is 2.33. The molecule has 0 spiro atoms. The van der Waals surface area contributed by atoms with Crippen molar-refractivity contribution in [2.24, 2.45) is 11.8 Å². The van der Waals surface area contributed by atoms with Gasteiger partial charge in [-0.3, -0.25) is 4.79 Å². The van der Waals surface area contributed by atoms with Crippen LogP contribution >= 0.6 is 0 Å². The summed E-state index contributed by atoms with van der Waals surface area (Å²) in [5, 5.41) is 9.47. The van der Waals surface area contributed by atoms with E-state index in [9.17, 15) is 27.9 Å². The molecule has 1 saturated carbocycles. The van der Waals surface area contributed by atoms with Crippen molar-refractivity contribution in [3.63, 3.8) is 0 Å². The summed E-state index contributed by atoms with van der Waals surface area (Å²) in [7, 11) is 0. The quantitative estimate of drug-likeness (QED) is 0.491. The van der Waals surface area contributed by atoms with Crippen LogP contribution in [-0.2, 0) is 6.18 Å². The minimum atomic E-state index is -4.68. The summed E-state index contributed by atoms with van der Waals surface area (Å²) in [6.07, 6.45) is 2.76. The van der Waals surface area contributed by atoms with E-state index in [0.717, 1.165) is 40.9 Å². The molecule has 2 saturated heterocycles. The van der Waals surface area contributed by atoms with E-state index in [1.54, 1.807) is 0 Å².